The Labute approximate surface area is 212 Å². The molecule has 170 valence electrons. The first-order chi connectivity index (χ1) is 16.6. The molecule has 0 aliphatic heterocycles. The molecule has 4 rings (SSSR count). The van der Waals surface area contributed by atoms with E-state index < -0.39 is 5.97 Å². The fourth-order valence-corrected chi connectivity index (χ4v) is 4.80. The van der Waals surface area contributed by atoms with Gasteiger partial charge in [-0.25, -0.2) is 4.79 Å². The maximum atomic E-state index is 10.7. The van der Waals surface area contributed by atoms with E-state index in [0.29, 0.717) is 5.75 Å². The Hall–Kier alpha value is -3.28. The molecule has 1 N–H and O–H groups in total. The van der Waals surface area contributed by atoms with Gasteiger partial charge in [0.25, 0.3) is 0 Å². The number of carboxylic acid groups (broad SMARTS) is 1. The van der Waals surface area contributed by atoms with Crippen molar-refractivity contribution in [3.05, 3.63) is 125 Å². The first-order valence-corrected chi connectivity index (χ1v) is 12.6. The van der Waals surface area contributed by atoms with E-state index >= 15 is 0 Å². The summed E-state index contributed by atoms with van der Waals surface area (Å²) in [5.74, 6) is 0.349. The molecule has 5 heteroatoms. The minimum absolute atomic E-state index is 0.340. The third-order valence-electron chi connectivity index (χ3n) is 5.19. The van der Waals surface area contributed by atoms with Gasteiger partial charge in [-0.3, -0.25) is 0 Å². The highest BCUT2D eigenvalue weighted by atomic mass is 79.9. The van der Waals surface area contributed by atoms with E-state index in [1.54, 1.807) is 23.9 Å². The molecule has 0 atom stereocenters. The van der Waals surface area contributed by atoms with E-state index in [1.165, 1.54) is 16.7 Å². The topological polar surface area (TPSA) is 46.5 Å². The zero-order valence-electron chi connectivity index (χ0n) is 18.4. The lowest BCUT2D eigenvalue weighted by atomic mass is 9.95. The van der Waals surface area contributed by atoms with Crippen molar-refractivity contribution in [1.82, 2.24) is 0 Å². The average molecular weight is 531 g/mol. The van der Waals surface area contributed by atoms with Crippen LogP contribution in [0.3, 0.4) is 0 Å². The van der Waals surface area contributed by atoms with Gasteiger partial charge in [0.1, 0.15) is 5.75 Å². The van der Waals surface area contributed by atoms with Crippen molar-refractivity contribution >= 4 is 39.2 Å². The second kappa shape index (κ2) is 11.7. The second-order valence-electron chi connectivity index (χ2n) is 7.51. The smallest absolute Gasteiger partial charge is 0.341 e. The number of thioether (sulfide) groups is 1. The number of aliphatic carboxylic acids is 1. The van der Waals surface area contributed by atoms with Crippen LogP contribution in [0.1, 0.15) is 11.1 Å². The summed E-state index contributed by atoms with van der Waals surface area (Å²) in [7, 11) is 0. The van der Waals surface area contributed by atoms with Gasteiger partial charge in [-0.15, -0.1) is 11.8 Å². The maximum Gasteiger partial charge on any atom is 0.341 e. The van der Waals surface area contributed by atoms with Gasteiger partial charge in [-0.2, -0.15) is 0 Å². The van der Waals surface area contributed by atoms with Crippen LogP contribution in [0, 0.1) is 0 Å². The number of benzene rings is 4. The molecule has 4 aromatic rings. The fraction of sp³-hybridized carbons (Fsp3) is 0.0690. The van der Waals surface area contributed by atoms with Gasteiger partial charge in [-0.1, -0.05) is 94.8 Å². The van der Waals surface area contributed by atoms with Crippen LogP contribution >= 0.6 is 27.7 Å². The van der Waals surface area contributed by atoms with Gasteiger partial charge >= 0.3 is 5.97 Å². The Morgan fingerprint density at radius 3 is 2.15 bits per heavy atom. The first-order valence-electron chi connectivity index (χ1n) is 10.8. The number of rotatable bonds is 9. The van der Waals surface area contributed by atoms with Crippen molar-refractivity contribution < 1.29 is 14.6 Å². The van der Waals surface area contributed by atoms with Crippen LogP contribution in [0.5, 0.6) is 5.75 Å². The summed E-state index contributed by atoms with van der Waals surface area (Å²) in [5.41, 5.74) is 5.86. The van der Waals surface area contributed by atoms with E-state index in [4.69, 9.17) is 9.84 Å². The van der Waals surface area contributed by atoms with Crippen molar-refractivity contribution in [3.8, 4) is 16.9 Å². The molecule has 0 amide bonds. The van der Waals surface area contributed by atoms with Crippen LogP contribution in [0.2, 0.25) is 0 Å². The Balaban J connectivity index is 1.54. The number of ether oxygens (including phenoxy) is 1. The monoisotopic (exact) mass is 530 g/mol. The number of carbonyl (C=O) groups is 1. The molecule has 0 aliphatic rings. The van der Waals surface area contributed by atoms with Crippen molar-refractivity contribution in [3.63, 3.8) is 0 Å². The summed E-state index contributed by atoms with van der Waals surface area (Å²) in [6, 6.07) is 34.8. The molecular weight excluding hydrogens is 508 g/mol. The SMILES string of the molecule is O=C(O)COc1ccc(SCC=C(c2ccc(-c3ccccc3)cc2)c2ccccc2Br)cc1. The van der Waals surface area contributed by atoms with E-state index in [1.807, 2.05) is 24.3 Å². The Bertz CT molecular complexity index is 1270. The summed E-state index contributed by atoms with van der Waals surface area (Å²) in [4.78, 5) is 11.7. The van der Waals surface area contributed by atoms with Crippen molar-refractivity contribution in [1.29, 1.82) is 0 Å². The molecular formula is C29H23BrO3S. The largest absolute Gasteiger partial charge is 0.482 e. The van der Waals surface area contributed by atoms with Crippen molar-refractivity contribution in [2.45, 2.75) is 4.90 Å². The van der Waals surface area contributed by atoms with E-state index in [2.05, 4.69) is 88.7 Å². The van der Waals surface area contributed by atoms with Gasteiger partial charge < -0.3 is 9.84 Å². The van der Waals surface area contributed by atoms with Gasteiger partial charge in [-0.05, 0) is 58.2 Å². The Kier molecular flexibility index (Phi) is 8.23. The number of carboxylic acids is 1. The van der Waals surface area contributed by atoms with Gasteiger partial charge in [0.15, 0.2) is 6.61 Å². The maximum absolute atomic E-state index is 10.7. The normalized spacial score (nSPS) is 11.3. The fourth-order valence-electron chi connectivity index (χ4n) is 3.53. The summed E-state index contributed by atoms with van der Waals surface area (Å²) in [6.45, 7) is -0.340. The van der Waals surface area contributed by atoms with E-state index in [-0.39, 0.29) is 6.61 Å². The van der Waals surface area contributed by atoms with E-state index in [9.17, 15) is 4.79 Å². The van der Waals surface area contributed by atoms with Crippen LogP contribution in [-0.2, 0) is 4.79 Å². The van der Waals surface area contributed by atoms with E-state index in [0.717, 1.165) is 26.2 Å². The van der Waals surface area contributed by atoms with Crippen molar-refractivity contribution in [2.24, 2.45) is 0 Å². The van der Waals surface area contributed by atoms with Crippen LogP contribution in [0.4, 0.5) is 0 Å². The molecule has 3 nitrogen and oxygen atoms in total. The summed E-state index contributed by atoms with van der Waals surface area (Å²) >= 11 is 5.43. The molecule has 0 saturated carbocycles. The molecule has 0 spiro atoms. The Morgan fingerprint density at radius 1 is 0.824 bits per heavy atom. The molecule has 0 saturated heterocycles. The minimum atomic E-state index is -0.986. The standard InChI is InChI=1S/C29H23BrO3S/c30-28-9-5-4-8-27(28)26(23-12-10-22(11-13-23)21-6-2-1-3-7-21)18-19-34-25-16-14-24(15-17-25)33-20-29(31)32/h1-18H,19-20H2,(H,31,32). The highest BCUT2D eigenvalue weighted by Gasteiger charge is 2.09. The van der Waals surface area contributed by atoms with Crippen LogP contribution in [0.15, 0.2) is 119 Å². The molecule has 0 fully saturated rings. The zero-order valence-corrected chi connectivity index (χ0v) is 20.8. The number of hydrogen-bond donors (Lipinski definition) is 1. The molecule has 0 bridgehead atoms. The van der Waals surface area contributed by atoms with Crippen molar-refractivity contribution in [2.75, 3.05) is 12.4 Å². The van der Waals surface area contributed by atoms with Gasteiger partial charge in [0.05, 0.1) is 0 Å². The molecule has 0 heterocycles. The minimum Gasteiger partial charge on any atom is -0.482 e. The zero-order chi connectivity index (χ0) is 23.8. The quantitative estimate of drug-likeness (QED) is 0.224. The van der Waals surface area contributed by atoms with Gasteiger partial charge in [0.2, 0.25) is 0 Å². The Morgan fingerprint density at radius 2 is 1.47 bits per heavy atom. The third kappa shape index (κ3) is 6.40. The summed E-state index contributed by atoms with van der Waals surface area (Å²) in [6.07, 6.45) is 2.25. The summed E-state index contributed by atoms with van der Waals surface area (Å²) < 4.78 is 6.26. The lowest BCUT2D eigenvalue weighted by molar-refractivity contribution is -0.139. The molecule has 0 unspecified atom stereocenters. The highest BCUT2D eigenvalue weighted by Crippen LogP contribution is 2.32. The lowest BCUT2D eigenvalue weighted by Crippen LogP contribution is -2.09. The number of halogens is 1. The van der Waals surface area contributed by atoms with Gasteiger partial charge in [0, 0.05) is 15.1 Å². The molecule has 0 aromatic heterocycles. The van der Waals surface area contributed by atoms with Crippen LogP contribution < -0.4 is 4.74 Å². The van der Waals surface area contributed by atoms with Crippen LogP contribution in [0.25, 0.3) is 16.7 Å². The molecule has 0 radical (unpaired) electrons. The molecule has 34 heavy (non-hydrogen) atoms. The van der Waals surface area contributed by atoms with Crippen LogP contribution in [-0.4, -0.2) is 23.4 Å². The number of hydrogen-bond acceptors (Lipinski definition) is 3. The predicted molar refractivity (Wildman–Crippen MR) is 143 cm³/mol. The third-order valence-corrected chi connectivity index (χ3v) is 6.82. The lowest BCUT2D eigenvalue weighted by Gasteiger charge is -2.12. The first kappa shape index (κ1) is 23.9. The second-order valence-corrected chi connectivity index (χ2v) is 9.45. The summed E-state index contributed by atoms with van der Waals surface area (Å²) in [5, 5.41) is 8.74. The molecule has 4 aromatic carbocycles. The predicted octanol–water partition coefficient (Wildman–Crippen LogP) is 7.80. The molecule has 0 aliphatic carbocycles. The highest BCUT2D eigenvalue weighted by molar-refractivity contribution is 9.10. The average Bonchev–Trinajstić information content (AvgIpc) is 2.87.